The number of hydrogen-bond acceptors (Lipinski definition) is 2. The minimum absolute atomic E-state index is 0.0266. The number of aliphatic carboxylic acids is 1. The highest BCUT2D eigenvalue weighted by molar-refractivity contribution is 5.76. The zero-order valence-electron chi connectivity index (χ0n) is 13.6. The molecule has 2 rings (SSSR count). The second-order valence-electron chi connectivity index (χ2n) is 6.80. The van der Waals surface area contributed by atoms with Crippen LogP contribution < -0.4 is 5.32 Å². The molecule has 2 N–H and O–H groups in total. The molecule has 0 heterocycles. The van der Waals surface area contributed by atoms with Crippen LogP contribution >= 0.6 is 0 Å². The first-order valence-electron chi connectivity index (χ1n) is 7.56. The fourth-order valence-corrected chi connectivity index (χ4v) is 3.11. The third-order valence-electron chi connectivity index (χ3n) is 4.39. The normalized spacial score (nSPS) is 20.1. The molecule has 1 aliphatic rings. The number of hydrogen-bond donors (Lipinski definition) is 2. The van der Waals surface area contributed by atoms with Gasteiger partial charge in [0, 0.05) is 13.6 Å². The van der Waals surface area contributed by atoms with Crippen molar-refractivity contribution in [1.82, 2.24) is 10.2 Å². The van der Waals surface area contributed by atoms with Gasteiger partial charge in [-0.2, -0.15) is 0 Å². The summed E-state index contributed by atoms with van der Waals surface area (Å²) in [6, 6.07) is 7.90. The number of carbonyl (C=O) groups is 2. The van der Waals surface area contributed by atoms with Crippen LogP contribution in [0, 0.1) is 5.92 Å². The Morgan fingerprint density at radius 3 is 2.68 bits per heavy atom. The van der Waals surface area contributed by atoms with Gasteiger partial charge in [-0.05, 0) is 23.0 Å². The first kappa shape index (κ1) is 16.3. The summed E-state index contributed by atoms with van der Waals surface area (Å²) in [7, 11) is 1.63. The molecule has 5 heteroatoms. The molecule has 2 amide bonds. The van der Waals surface area contributed by atoms with Gasteiger partial charge < -0.3 is 15.3 Å². The maximum absolute atomic E-state index is 12.3. The molecule has 0 spiro atoms. The second-order valence-corrected chi connectivity index (χ2v) is 6.80. The van der Waals surface area contributed by atoms with Gasteiger partial charge >= 0.3 is 12.0 Å². The molecule has 0 bridgehead atoms. The van der Waals surface area contributed by atoms with E-state index < -0.39 is 11.9 Å². The standard InChI is InChI=1S/C17H24N2O3/c1-11(15(20)21)10-19(4)16(22)18-14-9-17(2,3)13-8-6-5-7-12(13)14/h5-8,11,14H,9-10H2,1-4H3,(H,18,22)(H,20,21). The van der Waals surface area contributed by atoms with Gasteiger partial charge in [0.15, 0.2) is 0 Å². The molecule has 1 aromatic carbocycles. The van der Waals surface area contributed by atoms with E-state index in [9.17, 15) is 9.59 Å². The van der Waals surface area contributed by atoms with Gasteiger partial charge in [-0.1, -0.05) is 45.0 Å². The van der Waals surface area contributed by atoms with Crippen LogP contribution in [-0.4, -0.2) is 35.6 Å². The number of benzene rings is 1. The quantitative estimate of drug-likeness (QED) is 0.898. The number of carbonyl (C=O) groups excluding carboxylic acids is 1. The summed E-state index contributed by atoms with van der Waals surface area (Å²) in [6.07, 6.45) is 0.848. The van der Waals surface area contributed by atoms with Gasteiger partial charge in [0.1, 0.15) is 0 Å². The van der Waals surface area contributed by atoms with Crippen molar-refractivity contribution in [3.63, 3.8) is 0 Å². The third-order valence-corrected chi connectivity index (χ3v) is 4.39. The average Bonchev–Trinajstić information content (AvgIpc) is 2.70. The van der Waals surface area contributed by atoms with Crippen LogP contribution in [-0.2, 0) is 10.2 Å². The molecule has 0 aromatic heterocycles. The Hall–Kier alpha value is -2.04. The van der Waals surface area contributed by atoms with Gasteiger partial charge in [0.2, 0.25) is 0 Å². The van der Waals surface area contributed by atoms with Crippen LogP contribution in [0.3, 0.4) is 0 Å². The van der Waals surface area contributed by atoms with Crippen LogP contribution in [0.2, 0.25) is 0 Å². The van der Waals surface area contributed by atoms with Crippen molar-refractivity contribution in [3.05, 3.63) is 35.4 Å². The Morgan fingerprint density at radius 1 is 1.41 bits per heavy atom. The van der Waals surface area contributed by atoms with E-state index in [0.29, 0.717) is 0 Å². The summed E-state index contributed by atoms with van der Waals surface area (Å²) in [5, 5.41) is 12.0. The molecule has 1 aliphatic carbocycles. The fraction of sp³-hybridized carbons (Fsp3) is 0.529. The van der Waals surface area contributed by atoms with E-state index in [1.165, 1.54) is 10.5 Å². The summed E-state index contributed by atoms with van der Waals surface area (Å²) >= 11 is 0. The van der Waals surface area contributed by atoms with E-state index in [1.54, 1.807) is 14.0 Å². The van der Waals surface area contributed by atoms with Crippen LogP contribution in [0.5, 0.6) is 0 Å². The van der Waals surface area contributed by atoms with Gasteiger partial charge in [-0.3, -0.25) is 4.79 Å². The Labute approximate surface area is 131 Å². The van der Waals surface area contributed by atoms with E-state index in [1.807, 2.05) is 12.1 Å². The highest BCUT2D eigenvalue weighted by atomic mass is 16.4. The lowest BCUT2D eigenvalue weighted by molar-refractivity contribution is -0.141. The highest BCUT2D eigenvalue weighted by Crippen LogP contribution is 2.44. The molecule has 0 saturated heterocycles. The van der Waals surface area contributed by atoms with Crippen molar-refractivity contribution in [2.75, 3.05) is 13.6 Å². The maximum Gasteiger partial charge on any atom is 0.317 e. The third kappa shape index (κ3) is 3.24. The summed E-state index contributed by atoms with van der Waals surface area (Å²) < 4.78 is 0. The van der Waals surface area contributed by atoms with Crippen molar-refractivity contribution in [2.45, 2.75) is 38.6 Å². The molecule has 0 saturated carbocycles. The summed E-state index contributed by atoms with van der Waals surface area (Å²) in [5.74, 6) is -1.48. The largest absolute Gasteiger partial charge is 0.481 e. The number of urea groups is 1. The topological polar surface area (TPSA) is 69.6 Å². The molecule has 0 aliphatic heterocycles. The SMILES string of the molecule is CC(CN(C)C(=O)NC1CC(C)(C)c2ccccc21)C(=O)O. The Bertz CT molecular complexity index is 583. The molecule has 0 radical (unpaired) electrons. The van der Waals surface area contributed by atoms with Crippen molar-refractivity contribution >= 4 is 12.0 Å². The summed E-state index contributed by atoms with van der Waals surface area (Å²) in [4.78, 5) is 24.6. The smallest absolute Gasteiger partial charge is 0.317 e. The van der Waals surface area contributed by atoms with Crippen molar-refractivity contribution in [3.8, 4) is 0 Å². The minimum atomic E-state index is -0.896. The minimum Gasteiger partial charge on any atom is -0.481 e. The summed E-state index contributed by atoms with van der Waals surface area (Å²) in [6.45, 7) is 6.14. The Kier molecular flexibility index (Phi) is 4.44. The average molecular weight is 304 g/mol. The van der Waals surface area contributed by atoms with Crippen molar-refractivity contribution < 1.29 is 14.7 Å². The van der Waals surface area contributed by atoms with Crippen molar-refractivity contribution in [2.24, 2.45) is 5.92 Å². The number of nitrogens with one attached hydrogen (secondary N) is 1. The molecule has 2 atom stereocenters. The van der Waals surface area contributed by atoms with E-state index in [4.69, 9.17) is 5.11 Å². The highest BCUT2D eigenvalue weighted by Gasteiger charge is 2.37. The van der Waals surface area contributed by atoms with Gasteiger partial charge in [-0.15, -0.1) is 0 Å². The predicted molar refractivity (Wildman–Crippen MR) is 84.8 cm³/mol. The molecule has 22 heavy (non-hydrogen) atoms. The van der Waals surface area contributed by atoms with Crippen LogP contribution in [0.15, 0.2) is 24.3 Å². The first-order valence-corrected chi connectivity index (χ1v) is 7.56. The number of carboxylic acids is 1. The lowest BCUT2D eigenvalue weighted by atomic mass is 9.86. The fourth-order valence-electron chi connectivity index (χ4n) is 3.11. The van der Waals surface area contributed by atoms with Crippen LogP contribution in [0.25, 0.3) is 0 Å². The van der Waals surface area contributed by atoms with E-state index in [0.717, 1.165) is 12.0 Å². The Morgan fingerprint density at radius 2 is 2.05 bits per heavy atom. The molecule has 120 valence electrons. The molecule has 5 nitrogen and oxygen atoms in total. The number of carboxylic acid groups (broad SMARTS) is 1. The predicted octanol–water partition coefficient (Wildman–Crippen LogP) is 2.77. The molecule has 1 aromatic rings. The second kappa shape index (κ2) is 5.99. The molecular weight excluding hydrogens is 280 g/mol. The lowest BCUT2D eigenvalue weighted by Crippen LogP contribution is -2.42. The van der Waals surface area contributed by atoms with Gasteiger partial charge in [0.05, 0.1) is 12.0 Å². The zero-order valence-corrected chi connectivity index (χ0v) is 13.6. The molecule has 0 fully saturated rings. The number of amides is 2. The number of nitrogens with zero attached hydrogens (tertiary/aromatic N) is 1. The molecular formula is C17H24N2O3. The number of fused-ring (bicyclic) bond motifs is 1. The van der Waals surface area contributed by atoms with Crippen LogP contribution in [0.4, 0.5) is 4.79 Å². The number of rotatable bonds is 4. The summed E-state index contributed by atoms with van der Waals surface area (Å²) in [5.41, 5.74) is 2.45. The zero-order chi connectivity index (χ0) is 16.5. The van der Waals surface area contributed by atoms with E-state index in [-0.39, 0.29) is 24.0 Å². The van der Waals surface area contributed by atoms with E-state index in [2.05, 4.69) is 31.3 Å². The van der Waals surface area contributed by atoms with Crippen molar-refractivity contribution in [1.29, 1.82) is 0 Å². The molecule has 2 unspecified atom stereocenters. The Balaban J connectivity index is 2.06. The van der Waals surface area contributed by atoms with E-state index >= 15 is 0 Å². The first-order chi connectivity index (χ1) is 10.2. The maximum atomic E-state index is 12.3. The van der Waals surface area contributed by atoms with Crippen LogP contribution in [0.1, 0.15) is 44.4 Å². The van der Waals surface area contributed by atoms with Gasteiger partial charge in [-0.25, -0.2) is 4.79 Å². The van der Waals surface area contributed by atoms with Gasteiger partial charge in [0.25, 0.3) is 0 Å². The lowest BCUT2D eigenvalue weighted by Gasteiger charge is -2.24. The monoisotopic (exact) mass is 304 g/mol.